The lowest BCUT2D eigenvalue weighted by Gasteiger charge is -2.35. The largest absolute Gasteiger partial charge is 0.303 e. The van der Waals surface area contributed by atoms with E-state index in [1.165, 1.54) is 32.2 Å². The first kappa shape index (κ1) is 7.60. The normalized spacial score (nSPS) is 45.8. The van der Waals surface area contributed by atoms with Crippen LogP contribution < -0.4 is 0 Å². The Labute approximate surface area is 69.8 Å². The molecule has 1 unspecified atom stereocenters. The fourth-order valence-electron chi connectivity index (χ4n) is 3.14. The lowest BCUT2D eigenvalue weighted by molar-refractivity contribution is 0.153. The highest BCUT2D eigenvalue weighted by Gasteiger charge is 2.37. The number of nitrogens with zero attached hydrogens (tertiary/aromatic N) is 1. The minimum absolute atomic E-state index is 0.934. The molecule has 3 atom stereocenters. The van der Waals surface area contributed by atoms with Crippen LogP contribution in [0.1, 0.15) is 32.6 Å². The molecule has 1 heteroatoms. The quantitative estimate of drug-likeness (QED) is 0.515. The van der Waals surface area contributed by atoms with E-state index < -0.39 is 0 Å². The van der Waals surface area contributed by atoms with Crippen LogP contribution in [0.15, 0.2) is 0 Å². The summed E-state index contributed by atoms with van der Waals surface area (Å²) >= 11 is 0. The van der Waals surface area contributed by atoms with Gasteiger partial charge >= 0.3 is 0 Å². The lowest BCUT2D eigenvalue weighted by Crippen LogP contribution is -2.37. The van der Waals surface area contributed by atoms with E-state index in [4.69, 9.17) is 0 Å². The van der Waals surface area contributed by atoms with Gasteiger partial charge in [-0.2, -0.15) is 0 Å². The van der Waals surface area contributed by atoms with Crippen LogP contribution in [0.2, 0.25) is 0 Å². The predicted molar refractivity (Wildman–Crippen MR) is 47.5 cm³/mol. The number of hydrogen-bond acceptors (Lipinski definition) is 1. The molecule has 0 amide bonds. The zero-order chi connectivity index (χ0) is 7.84. The van der Waals surface area contributed by atoms with Gasteiger partial charge in [-0.1, -0.05) is 13.3 Å². The van der Waals surface area contributed by atoms with E-state index in [1.807, 2.05) is 0 Å². The van der Waals surface area contributed by atoms with E-state index in [0.717, 1.165) is 17.9 Å². The zero-order valence-electron chi connectivity index (χ0n) is 7.71. The van der Waals surface area contributed by atoms with Crippen LogP contribution in [0.25, 0.3) is 0 Å². The molecular formula is C10H19N. The first-order chi connectivity index (χ1) is 5.29. The Morgan fingerprint density at radius 1 is 1.18 bits per heavy atom. The standard InChI is InChI=1S/C10H19N/c1-8-4-3-5-9-6-7-11(2)10(8)9/h8-10H,3-7H2,1-2H3/t8?,9-,10+/m0/s1. The Bertz CT molecular complexity index is 142. The van der Waals surface area contributed by atoms with E-state index in [0.29, 0.717) is 0 Å². The van der Waals surface area contributed by atoms with Crippen LogP contribution >= 0.6 is 0 Å². The van der Waals surface area contributed by atoms with E-state index in [1.54, 1.807) is 0 Å². The third kappa shape index (κ3) is 1.20. The minimum Gasteiger partial charge on any atom is -0.303 e. The number of hydrogen-bond donors (Lipinski definition) is 0. The Kier molecular flexibility index (Phi) is 1.92. The van der Waals surface area contributed by atoms with Crippen molar-refractivity contribution in [3.05, 3.63) is 0 Å². The Morgan fingerprint density at radius 3 is 2.73 bits per heavy atom. The molecule has 1 aliphatic heterocycles. The fraction of sp³-hybridized carbons (Fsp3) is 1.00. The van der Waals surface area contributed by atoms with Crippen molar-refractivity contribution >= 4 is 0 Å². The van der Waals surface area contributed by atoms with Crippen molar-refractivity contribution in [2.45, 2.75) is 38.6 Å². The summed E-state index contributed by atoms with van der Waals surface area (Å²) in [7, 11) is 2.30. The van der Waals surface area contributed by atoms with Gasteiger partial charge in [0.1, 0.15) is 0 Å². The maximum atomic E-state index is 2.58. The molecule has 2 rings (SSSR count). The maximum Gasteiger partial charge on any atom is 0.0147 e. The van der Waals surface area contributed by atoms with Crippen molar-refractivity contribution in [2.24, 2.45) is 11.8 Å². The zero-order valence-corrected chi connectivity index (χ0v) is 7.71. The van der Waals surface area contributed by atoms with E-state index >= 15 is 0 Å². The maximum absolute atomic E-state index is 2.58. The molecule has 11 heavy (non-hydrogen) atoms. The second-order valence-electron chi connectivity index (χ2n) is 4.43. The second kappa shape index (κ2) is 2.78. The van der Waals surface area contributed by atoms with Crippen molar-refractivity contribution in [2.75, 3.05) is 13.6 Å². The van der Waals surface area contributed by atoms with Crippen molar-refractivity contribution in [1.82, 2.24) is 4.90 Å². The molecule has 0 aromatic carbocycles. The predicted octanol–water partition coefficient (Wildman–Crippen LogP) is 2.13. The van der Waals surface area contributed by atoms with Crippen molar-refractivity contribution in [3.63, 3.8) is 0 Å². The van der Waals surface area contributed by atoms with Crippen LogP contribution in [-0.4, -0.2) is 24.5 Å². The molecule has 0 aromatic heterocycles. The van der Waals surface area contributed by atoms with Crippen molar-refractivity contribution in [3.8, 4) is 0 Å². The lowest BCUT2D eigenvalue weighted by atomic mass is 9.78. The highest BCUT2D eigenvalue weighted by Crippen LogP contribution is 2.38. The highest BCUT2D eigenvalue weighted by molar-refractivity contribution is 4.91. The van der Waals surface area contributed by atoms with Crippen LogP contribution in [0.4, 0.5) is 0 Å². The van der Waals surface area contributed by atoms with Crippen LogP contribution in [0.5, 0.6) is 0 Å². The molecule has 0 spiro atoms. The first-order valence-electron chi connectivity index (χ1n) is 4.99. The smallest absolute Gasteiger partial charge is 0.0147 e. The van der Waals surface area contributed by atoms with Crippen LogP contribution in [0.3, 0.4) is 0 Å². The van der Waals surface area contributed by atoms with Gasteiger partial charge in [-0.25, -0.2) is 0 Å². The Hall–Kier alpha value is -0.0400. The summed E-state index contributed by atoms with van der Waals surface area (Å²) in [6, 6.07) is 0.934. The van der Waals surface area contributed by atoms with Gasteiger partial charge in [0.25, 0.3) is 0 Å². The molecule has 0 N–H and O–H groups in total. The molecule has 64 valence electrons. The Morgan fingerprint density at radius 2 is 2.00 bits per heavy atom. The van der Waals surface area contributed by atoms with Crippen molar-refractivity contribution < 1.29 is 0 Å². The molecule has 1 heterocycles. The van der Waals surface area contributed by atoms with E-state index in [9.17, 15) is 0 Å². The summed E-state index contributed by atoms with van der Waals surface area (Å²) in [6.07, 6.45) is 5.91. The summed E-state index contributed by atoms with van der Waals surface area (Å²) in [6.45, 7) is 3.78. The molecule has 1 aliphatic carbocycles. The molecule has 1 saturated carbocycles. The van der Waals surface area contributed by atoms with Crippen LogP contribution in [0, 0.1) is 11.8 Å². The Balaban J connectivity index is 2.08. The molecule has 0 radical (unpaired) electrons. The molecule has 1 saturated heterocycles. The van der Waals surface area contributed by atoms with Gasteiger partial charge in [-0.15, -0.1) is 0 Å². The second-order valence-corrected chi connectivity index (χ2v) is 4.43. The van der Waals surface area contributed by atoms with Gasteiger partial charge in [0.05, 0.1) is 0 Å². The third-order valence-electron chi connectivity index (χ3n) is 3.66. The number of likely N-dealkylation sites (tertiary alicyclic amines) is 1. The highest BCUT2D eigenvalue weighted by atomic mass is 15.2. The SMILES string of the molecule is CC1CCC[C@H]2CCN(C)[C@H]12. The summed E-state index contributed by atoms with van der Waals surface area (Å²) in [5.41, 5.74) is 0. The average Bonchev–Trinajstić information content (AvgIpc) is 2.34. The number of fused-ring (bicyclic) bond motifs is 1. The van der Waals surface area contributed by atoms with Gasteiger partial charge in [-0.05, 0) is 44.7 Å². The van der Waals surface area contributed by atoms with Crippen molar-refractivity contribution in [1.29, 1.82) is 0 Å². The van der Waals surface area contributed by atoms with Gasteiger partial charge in [0.2, 0.25) is 0 Å². The van der Waals surface area contributed by atoms with E-state index in [2.05, 4.69) is 18.9 Å². The van der Waals surface area contributed by atoms with Crippen LogP contribution in [-0.2, 0) is 0 Å². The first-order valence-corrected chi connectivity index (χ1v) is 4.99. The third-order valence-corrected chi connectivity index (χ3v) is 3.66. The van der Waals surface area contributed by atoms with Gasteiger partial charge in [0.15, 0.2) is 0 Å². The summed E-state index contributed by atoms with van der Waals surface area (Å²) < 4.78 is 0. The minimum atomic E-state index is 0.934. The molecule has 0 aromatic rings. The fourth-order valence-corrected chi connectivity index (χ4v) is 3.14. The van der Waals surface area contributed by atoms with Gasteiger partial charge in [-0.3, -0.25) is 0 Å². The molecular weight excluding hydrogens is 134 g/mol. The molecule has 2 aliphatic rings. The summed E-state index contributed by atoms with van der Waals surface area (Å²) in [4.78, 5) is 2.58. The summed E-state index contributed by atoms with van der Waals surface area (Å²) in [5, 5.41) is 0. The topological polar surface area (TPSA) is 3.24 Å². The molecule has 2 fully saturated rings. The van der Waals surface area contributed by atoms with Gasteiger partial charge < -0.3 is 4.90 Å². The summed E-state index contributed by atoms with van der Waals surface area (Å²) in [5.74, 6) is 2.00. The monoisotopic (exact) mass is 153 g/mol. The number of rotatable bonds is 0. The van der Waals surface area contributed by atoms with Gasteiger partial charge in [0, 0.05) is 6.04 Å². The molecule has 1 nitrogen and oxygen atoms in total. The average molecular weight is 153 g/mol. The molecule has 0 bridgehead atoms. The van der Waals surface area contributed by atoms with E-state index in [-0.39, 0.29) is 0 Å².